The fourth-order valence-corrected chi connectivity index (χ4v) is 7.71. The molecule has 4 aromatic rings. The van der Waals surface area contributed by atoms with E-state index in [-0.39, 0.29) is 36.3 Å². The molecule has 2 N–H and O–H groups in total. The summed E-state index contributed by atoms with van der Waals surface area (Å²) in [5.74, 6) is -1.25. The van der Waals surface area contributed by atoms with Gasteiger partial charge in [0.15, 0.2) is 5.03 Å². The lowest BCUT2D eigenvalue weighted by molar-refractivity contribution is -0.141. The smallest absolute Gasteiger partial charge is 0.328 e. The highest BCUT2D eigenvalue weighted by Gasteiger charge is 2.44. The lowest BCUT2D eigenvalue weighted by atomic mass is 9.91. The number of hydrogen-bond acceptors (Lipinski definition) is 5. The van der Waals surface area contributed by atoms with E-state index in [1.165, 1.54) is 4.31 Å². The molecule has 5 rings (SSSR count). The number of benzene rings is 3. The number of nitrogens with zero attached hydrogens (tertiary/aromatic N) is 2. The number of aliphatic carboxylic acids is 1. The Bertz CT molecular complexity index is 1810. The molecule has 3 aromatic carbocycles. The van der Waals surface area contributed by atoms with E-state index in [4.69, 9.17) is 0 Å². The van der Waals surface area contributed by atoms with E-state index in [9.17, 15) is 23.1 Å². The van der Waals surface area contributed by atoms with Crippen molar-refractivity contribution in [2.75, 3.05) is 18.4 Å². The van der Waals surface area contributed by atoms with Crippen LogP contribution in [0.5, 0.6) is 0 Å². The van der Waals surface area contributed by atoms with Crippen LogP contribution < -0.4 is 10.9 Å². The van der Waals surface area contributed by atoms with Gasteiger partial charge in [-0.05, 0) is 54.7 Å². The van der Waals surface area contributed by atoms with E-state index in [0.29, 0.717) is 23.1 Å². The minimum absolute atomic E-state index is 0.151. The van der Waals surface area contributed by atoms with E-state index in [2.05, 4.69) is 5.32 Å². The van der Waals surface area contributed by atoms with Gasteiger partial charge in [-0.15, -0.1) is 0 Å². The second kappa shape index (κ2) is 11.1. The van der Waals surface area contributed by atoms with E-state index in [0.717, 1.165) is 26.5 Å². The Kier molecular flexibility index (Phi) is 7.76. The molecule has 0 bridgehead atoms. The van der Waals surface area contributed by atoms with Crippen molar-refractivity contribution < 1.29 is 18.3 Å². The summed E-state index contributed by atoms with van der Waals surface area (Å²) < 4.78 is 30.8. The van der Waals surface area contributed by atoms with Gasteiger partial charge in [0.1, 0.15) is 11.7 Å². The van der Waals surface area contributed by atoms with Crippen LogP contribution in [-0.4, -0.2) is 47.5 Å². The Balaban J connectivity index is 1.96. The van der Waals surface area contributed by atoms with Crippen LogP contribution in [0.3, 0.4) is 0 Å². The number of sulfonamides is 1. The molecule has 0 aliphatic carbocycles. The van der Waals surface area contributed by atoms with Crippen molar-refractivity contribution in [3.8, 4) is 11.1 Å². The quantitative estimate of drug-likeness (QED) is 0.291. The molecule has 1 aliphatic heterocycles. The zero-order valence-electron chi connectivity index (χ0n) is 23.7. The third-order valence-corrected chi connectivity index (χ3v) is 9.39. The zero-order chi connectivity index (χ0) is 29.5. The molecule has 0 saturated carbocycles. The minimum Gasteiger partial charge on any atom is -0.480 e. The molecule has 214 valence electrons. The summed E-state index contributed by atoms with van der Waals surface area (Å²) in [6.45, 7) is 7.39. The molecular weight excluding hydrogens is 538 g/mol. The van der Waals surface area contributed by atoms with Gasteiger partial charge in [0.25, 0.3) is 15.6 Å². The molecule has 9 heteroatoms. The summed E-state index contributed by atoms with van der Waals surface area (Å²) >= 11 is 0. The number of rotatable bonds is 8. The average Bonchev–Trinajstić information content (AvgIpc) is 2.92. The maximum atomic E-state index is 14.3. The molecule has 0 saturated heterocycles. The van der Waals surface area contributed by atoms with Crippen LogP contribution in [-0.2, 0) is 21.2 Å². The van der Waals surface area contributed by atoms with Crippen molar-refractivity contribution in [3.63, 3.8) is 0 Å². The number of pyridine rings is 1. The maximum Gasteiger partial charge on any atom is 0.328 e. The fourth-order valence-electron chi connectivity index (χ4n) is 5.75. The molecule has 0 spiro atoms. The molecule has 1 unspecified atom stereocenters. The lowest BCUT2D eigenvalue weighted by Gasteiger charge is -2.36. The Labute approximate surface area is 240 Å². The van der Waals surface area contributed by atoms with E-state index in [1.54, 1.807) is 0 Å². The number of fused-ring (bicyclic) bond motifs is 2. The molecule has 0 radical (unpaired) electrons. The Morgan fingerprint density at radius 1 is 1.07 bits per heavy atom. The fraction of sp³-hybridized carbons (Fsp3) is 0.312. The number of hydrogen-bond donors (Lipinski definition) is 2. The average molecular weight is 574 g/mol. The zero-order valence-corrected chi connectivity index (χ0v) is 24.5. The number of carboxylic acids is 1. The molecular formula is C32H35N3O5S. The first-order chi connectivity index (χ1) is 19.5. The SMILES string of the molecule is CCCN1CC(C(=O)O)n2c(c(-c3cccc(C)c3)c(Cc3cccc4ccccc34)c(NC(C)C)c2=O)S1(=O)=O. The second-order valence-electron chi connectivity index (χ2n) is 10.9. The van der Waals surface area contributed by atoms with Crippen LogP contribution in [0, 0.1) is 6.92 Å². The number of aromatic nitrogens is 1. The van der Waals surface area contributed by atoms with Gasteiger partial charge in [-0.2, -0.15) is 4.31 Å². The van der Waals surface area contributed by atoms with Crippen LogP contribution in [0.2, 0.25) is 0 Å². The first kappa shape index (κ1) is 28.6. The number of nitrogens with one attached hydrogen (secondary N) is 1. The first-order valence-corrected chi connectivity index (χ1v) is 15.3. The van der Waals surface area contributed by atoms with Gasteiger partial charge in [0.05, 0.1) is 0 Å². The summed E-state index contributed by atoms with van der Waals surface area (Å²) in [7, 11) is -4.22. The Morgan fingerprint density at radius 3 is 2.46 bits per heavy atom. The molecule has 2 heterocycles. The molecule has 1 atom stereocenters. The van der Waals surface area contributed by atoms with Gasteiger partial charge in [-0.25, -0.2) is 13.2 Å². The summed E-state index contributed by atoms with van der Waals surface area (Å²) in [5, 5.41) is 15.3. The third-order valence-electron chi connectivity index (χ3n) is 7.49. The third kappa shape index (κ3) is 5.15. The van der Waals surface area contributed by atoms with E-state index >= 15 is 0 Å². The monoisotopic (exact) mass is 573 g/mol. The highest BCUT2D eigenvalue weighted by molar-refractivity contribution is 7.89. The van der Waals surface area contributed by atoms with Crippen LogP contribution in [0.15, 0.2) is 76.6 Å². The molecule has 8 nitrogen and oxygen atoms in total. The minimum atomic E-state index is -4.22. The van der Waals surface area contributed by atoms with Crippen LogP contribution >= 0.6 is 0 Å². The number of carboxylic acid groups (broad SMARTS) is 1. The highest BCUT2D eigenvalue weighted by Crippen LogP contribution is 2.41. The van der Waals surface area contributed by atoms with Gasteiger partial charge in [0, 0.05) is 31.1 Å². The molecule has 41 heavy (non-hydrogen) atoms. The normalized spacial score (nSPS) is 16.6. The van der Waals surface area contributed by atoms with E-state index in [1.807, 2.05) is 94.4 Å². The standard InChI is InChI=1S/C32H35N3O5S/c1-5-16-34-19-27(32(37)38)35-30(36)29(33-20(2)3)26(18-23-13-9-12-22-11-6-7-15-25(22)23)28(31(35)41(34,39)40)24-14-8-10-21(4)17-24/h6-15,17,20,27,33H,5,16,18-19H2,1-4H3,(H,37,38). The Hall–Kier alpha value is -3.95. The predicted molar refractivity (Wildman–Crippen MR) is 162 cm³/mol. The largest absolute Gasteiger partial charge is 0.480 e. The molecule has 1 aromatic heterocycles. The maximum absolute atomic E-state index is 14.3. The number of carbonyl (C=O) groups is 1. The van der Waals surface area contributed by atoms with Gasteiger partial charge >= 0.3 is 5.97 Å². The highest BCUT2D eigenvalue weighted by atomic mass is 32.2. The number of anilines is 1. The molecule has 0 fully saturated rings. The molecule has 1 aliphatic rings. The summed E-state index contributed by atoms with van der Waals surface area (Å²) in [4.78, 5) is 26.9. The van der Waals surface area contributed by atoms with Crippen molar-refractivity contribution >= 4 is 32.5 Å². The van der Waals surface area contributed by atoms with Gasteiger partial charge in [-0.1, -0.05) is 79.2 Å². The first-order valence-electron chi connectivity index (χ1n) is 13.9. The summed E-state index contributed by atoms with van der Waals surface area (Å²) in [6, 6.07) is 19.8. The summed E-state index contributed by atoms with van der Waals surface area (Å²) in [6.07, 6.45) is 0.773. The van der Waals surface area contributed by atoms with Crippen LogP contribution in [0.1, 0.15) is 49.9 Å². The topological polar surface area (TPSA) is 109 Å². The molecule has 0 amide bonds. The second-order valence-corrected chi connectivity index (χ2v) is 12.8. The van der Waals surface area contributed by atoms with Crippen LogP contribution in [0.25, 0.3) is 21.9 Å². The number of aryl methyl sites for hydroxylation is 1. The van der Waals surface area contributed by atoms with Gasteiger partial charge < -0.3 is 10.4 Å². The summed E-state index contributed by atoms with van der Waals surface area (Å²) in [5.41, 5.74) is 2.92. The van der Waals surface area contributed by atoms with Crippen molar-refractivity contribution in [3.05, 3.63) is 93.8 Å². The van der Waals surface area contributed by atoms with Gasteiger partial charge in [-0.3, -0.25) is 9.36 Å². The predicted octanol–water partition coefficient (Wildman–Crippen LogP) is 5.43. The van der Waals surface area contributed by atoms with Gasteiger partial charge in [0.2, 0.25) is 0 Å². The van der Waals surface area contributed by atoms with Crippen LogP contribution in [0.4, 0.5) is 5.69 Å². The lowest BCUT2D eigenvalue weighted by Crippen LogP contribution is -2.50. The Morgan fingerprint density at radius 2 is 1.78 bits per heavy atom. The van der Waals surface area contributed by atoms with Crippen molar-refractivity contribution in [2.24, 2.45) is 0 Å². The van der Waals surface area contributed by atoms with E-state index < -0.39 is 27.6 Å². The van der Waals surface area contributed by atoms with Crippen molar-refractivity contribution in [2.45, 2.75) is 57.6 Å². The van der Waals surface area contributed by atoms with Crippen molar-refractivity contribution in [1.29, 1.82) is 0 Å². The van der Waals surface area contributed by atoms with Crippen molar-refractivity contribution in [1.82, 2.24) is 8.87 Å².